The highest BCUT2D eigenvalue weighted by Crippen LogP contribution is 2.24. The first-order valence-corrected chi connectivity index (χ1v) is 7.36. The summed E-state index contributed by atoms with van der Waals surface area (Å²) in [5.74, 6) is 0.577. The predicted molar refractivity (Wildman–Crippen MR) is 82.8 cm³/mol. The molecule has 1 heterocycles. The predicted octanol–water partition coefficient (Wildman–Crippen LogP) is 3.14. The van der Waals surface area contributed by atoms with Crippen LogP contribution in [0.1, 0.15) is 24.2 Å². The molecule has 0 aliphatic carbocycles. The van der Waals surface area contributed by atoms with E-state index < -0.39 is 0 Å². The Balaban J connectivity index is 2.26. The van der Waals surface area contributed by atoms with Gasteiger partial charge in [0.1, 0.15) is 5.69 Å². The number of nitrogens with zero attached hydrogens (tertiary/aromatic N) is 2. The Morgan fingerprint density at radius 3 is 2.80 bits per heavy atom. The Labute approximate surface area is 127 Å². The van der Waals surface area contributed by atoms with E-state index in [1.807, 2.05) is 12.1 Å². The molecule has 0 saturated heterocycles. The average Bonchev–Trinajstić information content (AvgIpc) is 2.47. The molecule has 0 aliphatic rings. The van der Waals surface area contributed by atoms with Crippen LogP contribution in [-0.4, -0.2) is 23.6 Å². The number of hydrogen-bond acceptors (Lipinski definition) is 4. The molecule has 2 rings (SSSR count). The van der Waals surface area contributed by atoms with Crippen molar-refractivity contribution in [2.75, 3.05) is 13.7 Å². The third kappa shape index (κ3) is 3.77. The third-order valence-corrected chi connectivity index (χ3v) is 3.49. The topological polar surface area (TPSA) is 47.0 Å². The SMILES string of the molecule is CCNC(Cc1cccc(Br)c1)c1nccnc1OC. The molecule has 1 aromatic carbocycles. The van der Waals surface area contributed by atoms with Crippen LogP contribution in [0.5, 0.6) is 5.88 Å². The van der Waals surface area contributed by atoms with E-state index in [0.717, 1.165) is 23.1 Å². The number of benzene rings is 1. The van der Waals surface area contributed by atoms with Gasteiger partial charge in [0, 0.05) is 16.9 Å². The van der Waals surface area contributed by atoms with Gasteiger partial charge in [0.15, 0.2) is 0 Å². The van der Waals surface area contributed by atoms with Crippen molar-refractivity contribution in [1.82, 2.24) is 15.3 Å². The number of methoxy groups -OCH3 is 1. The molecule has 2 aromatic rings. The van der Waals surface area contributed by atoms with Crippen LogP contribution in [0.4, 0.5) is 0 Å². The van der Waals surface area contributed by atoms with E-state index in [-0.39, 0.29) is 6.04 Å². The Bertz CT molecular complexity index is 562. The van der Waals surface area contributed by atoms with E-state index in [9.17, 15) is 0 Å². The second-order valence-electron chi connectivity index (χ2n) is 4.40. The summed E-state index contributed by atoms with van der Waals surface area (Å²) in [5.41, 5.74) is 2.08. The number of rotatable bonds is 6. The van der Waals surface area contributed by atoms with Gasteiger partial charge in [0.25, 0.3) is 0 Å². The monoisotopic (exact) mass is 335 g/mol. The van der Waals surface area contributed by atoms with Crippen molar-refractivity contribution in [2.45, 2.75) is 19.4 Å². The standard InChI is InChI=1S/C15H18BrN3O/c1-3-17-13(10-11-5-4-6-12(16)9-11)14-15(20-2)19-8-7-18-14/h4-9,13,17H,3,10H2,1-2H3. The molecule has 0 amide bonds. The average molecular weight is 336 g/mol. The molecule has 0 radical (unpaired) electrons. The summed E-state index contributed by atoms with van der Waals surface area (Å²) in [4.78, 5) is 8.65. The first kappa shape index (κ1) is 14.9. The fourth-order valence-electron chi connectivity index (χ4n) is 2.14. The van der Waals surface area contributed by atoms with Crippen molar-refractivity contribution in [1.29, 1.82) is 0 Å². The van der Waals surface area contributed by atoms with Gasteiger partial charge < -0.3 is 10.1 Å². The highest BCUT2D eigenvalue weighted by molar-refractivity contribution is 9.10. The zero-order valence-electron chi connectivity index (χ0n) is 11.6. The highest BCUT2D eigenvalue weighted by atomic mass is 79.9. The van der Waals surface area contributed by atoms with E-state index in [1.54, 1.807) is 19.5 Å². The lowest BCUT2D eigenvalue weighted by molar-refractivity contribution is 0.377. The zero-order chi connectivity index (χ0) is 14.4. The first-order valence-electron chi connectivity index (χ1n) is 6.57. The summed E-state index contributed by atoms with van der Waals surface area (Å²) in [5, 5.41) is 3.44. The van der Waals surface area contributed by atoms with Gasteiger partial charge in [-0.25, -0.2) is 4.98 Å². The number of likely N-dealkylation sites (N-methyl/N-ethyl adjacent to an activating group) is 1. The van der Waals surface area contributed by atoms with Crippen molar-refractivity contribution in [2.24, 2.45) is 0 Å². The zero-order valence-corrected chi connectivity index (χ0v) is 13.2. The maximum atomic E-state index is 5.31. The smallest absolute Gasteiger partial charge is 0.237 e. The molecule has 4 nitrogen and oxygen atoms in total. The number of ether oxygens (including phenoxy) is 1. The summed E-state index contributed by atoms with van der Waals surface area (Å²) in [6.07, 6.45) is 4.18. The molecule has 0 fully saturated rings. The molecular formula is C15H18BrN3O. The lowest BCUT2D eigenvalue weighted by Crippen LogP contribution is -2.24. The molecule has 0 spiro atoms. The first-order chi connectivity index (χ1) is 9.74. The van der Waals surface area contributed by atoms with E-state index in [0.29, 0.717) is 5.88 Å². The quantitative estimate of drug-likeness (QED) is 0.880. The molecule has 0 aliphatic heterocycles. The van der Waals surface area contributed by atoms with Crippen LogP contribution in [0.15, 0.2) is 41.1 Å². The van der Waals surface area contributed by atoms with Crippen molar-refractivity contribution in [3.8, 4) is 5.88 Å². The van der Waals surface area contributed by atoms with Gasteiger partial charge in [-0.05, 0) is 30.7 Å². The van der Waals surface area contributed by atoms with Crippen LogP contribution in [0.25, 0.3) is 0 Å². The summed E-state index contributed by atoms with van der Waals surface area (Å²) in [7, 11) is 1.62. The molecule has 106 valence electrons. The molecule has 1 aromatic heterocycles. The molecule has 5 heteroatoms. The van der Waals surface area contributed by atoms with Crippen molar-refractivity contribution < 1.29 is 4.74 Å². The lowest BCUT2D eigenvalue weighted by atomic mass is 10.0. The Morgan fingerprint density at radius 2 is 2.10 bits per heavy atom. The van der Waals surface area contributed by atoms with Gasteiger partial charge in [0.2, 0.25) is 5.88 Å². The third-order valence-electron chi connectivity index (χ3n) is 2.99. The number of nitrogens with one attached hydrogen (secondary N) is 1. The summed E-state index contributed by atoms with van der Waals surface area (Å²) in [6.45, 7) is 2.94. The minimum absolute atomic E-state index is 0.0814. The van der Waals surface area contributed by atoms with Crippen LogP contribution in [0.2, 0.25) is 0 Å². The van der Waals surface area contributed by atoms with E-state index in [4.69, 9.17) is 4.74 Å². The second kappa shape index (κ2) is 7.36. The largest absolute Gasteiger partial charge is 0.480 e. The van der Waals surface area contributed by atoms with E-state index in [2.05, 4.69) is 50.3 Å². The Hall–Kier alpha value is -1.46. The maximum absolute atomic E-state index is 5.31. The van der Waals surface area contributed by atoms with Gasteiger partial charge >= 0.3 is 0 Å². The van der Waals surface area contributed by atoms with Crippen molar-refractivity contribution >= 4 is 15.9 Å². The Morgan fingerprint density at radius 1 is 1.30 bits per heavy atom. The summed E-state index contributed by atoms with van der Waals surface area (Å²) >= 11 is 3.50. The fourth-order valence-corrected chi connectivity index (χ4v) is 2.59. The van der Waals surface area contributed by atoms with Crippen molar-refractivity contribution in [3.05, 3.63) is 52.4 Å². The normalized spacial score (nSPS) is 12.2. The van der Waals surface area contributed by atoms with Gasteiger partial charge in [-0.2, -0.15) is 0 Å². The Kier molecular flexibility index (Phi) is 5.49. The second-order valence-corrected chi connectivity index (χ2v) is 5.31. The lowest BCUT2D eigenvalue weighted by Gasteiger charge is -2.19. The highest BCUT2D eigenvalue weighted by Gasteiger charge is 2.18. The number of halogens is 1. The van der Waals surface area contributed by atoms with E-state index >= 15 is 0 Å². The van der Waals surface area contributed by atoms with Gasteiger partial charge in [-0.15, -0.1) is 0 Å². The number of hydrogen-bond donors (Lipinski definition) is 1. The van der Waals surface area contributed by atoms with Crippen LogP contribution in [0.3, 0.4) is 0 Å². The maximum Gasteiger partial charge on any atom is 0.237 e. The van der Waals surface area contributed by atoms with Gasteiger partial charge in [-0.3, -0.25) is 4.98 Å². The summed E-state index contributed by atoms with van der Waals surface area (Å²) < 4.78 is 6.39. The molecular weight excluding hydrogens is 318 g/mol. The fraction of sp³-hybridized carbons (Fsp3) is 0.333. The van der Waals surface area contributed by atoms with Crippen LogP contribution in [0, 0.1) is 0 Å². The van der Waals surface area contributed by atoms with Crippen LogP contribution >= 0.6 is 15.9 Å². The number of aromatic nitrogens is 2. The summed E-state index contributed by atoms with van der Waals surface area (Å²) in [6, 6.07) is 8.37. The van der Waals surface area contributed by atoms with Gasteiger partial charge in [-0.1, -0.05) is 35.0 Å². The van der Waals surface area contributed by atoms with Gasteiger partial charge in [0.05, 0.1) is 13.2 Å². The van der Waals surface area contributed by atoms with E-state index in [1.165, 1.54) is 5.56 Å². The molecule has 1 unspecified atom stereocenters. The van der Waals surface area contributed by atoms with Crippen molar-refractivity contribution in [3.63, 3.8) is 0 Å². The molecule has 1 N–H and O–H groups in total. The molecule has 1 atom stereocenters. The van der Waals surface area contributed by atoms with Crippen LogP contribution in [-0.2, 0) is 6.42 Å². The minimum atomic E-state index is 0.0814. The molecule has 0 bridgehead atoms. The molecule has 20 heavy (non-hydrogen) atoms. The minimum Gasteiger partial charge on any atom is -0.480 e. The van der Waals surface area contributed by atoms with Crippen LogP contribution < -0.4 is 10.1 Å². The molecule has 0 saturated carbocycles.